The van der Waals surface area contributed by atoms with Crippen LogP contribution >= 0.6 is 11.6 Å². The normalized spacial score (nSPS) is 21.6. The van der Waals surface area contributed by atoms with Crippen LogP contribution in [0.5, 0.6) is 0 Å². The van der Waals surface area contributed by atoms with E-state index < -0.39 is 23.8 Å². The summed E-state index contributed by atoms with van der Waals surface area (Å²) in [4.78, 5) is 44.3. The van der Waals surface area contributed by atoms with E-state index in [2.05, 4.69) is 10.3 Å². The molecule has 0 unspecified atom stereocenters. The summed E-state index contributed by atoms with van der Waals surface area (Å²) in [7, 11) is 0. The van der Waals surface area contributed by atoms with E-state index in [4.69, 9.17) is 11.6 Å². The smallest absolute Gasteiger partial charge is 0.332 e. The first-order chi connectivity index (χ1) is 13.5. The number of anilines is 1. The third kappa shape index (κ3) is 3.20. The fourth-order valence-electron chi connectivity index (χ4n) is 3.57. The second-order valence-electron chi connectivity index (χ2n) is 6.69. The summed E-state index contributed by atoms with van der Waals surface area (Å²) >= 11 is 5.79. The van der Waals surface area contributed by atoms with Crippen LogP contribution in [-0.2, 0) is 4.79 Å². The minimum Gasteiger partial charge on any atom is -0.349 e. The van der Waals surface area contributed by atoms with Crippen LogP contribution in [0.4, 0.5) is 14.9 Å². The van der Waals surface area contributed by atoms with Crippen molar-refractivity contribution in [2.75, 3.05) is 11.4 Å². The second-order valence-corrected chi connectivity index (χ2v) is 7.10. The molecule has 0 bridgehead atoms. The summed E-state index contributed by atoms with van der Waals surface area (Å²) in [5.74, 6) is -1.28. The number of amides is 4. The average molecular weight is 403 g/mol. The maximum atomic E-state index is 13.4. The van der Waals surface area contributed by atoms with Crippen molar-refractivity contribution in [3.63, 3.8) is 0 Å². The van der Waals surface area contributed by atoms with Gasteiger partial charge in [0.15, 0.2) is 0 Å². The van der Waals surface area contributed by atoms with Crippen LogP contribution in [0.1, 0.15) is 23.2 Å². The largest absolute Gasteiger partial charge is 0.349 e. The quantitative estimate of drug-likeness (QED) is 0.800. The molecule has 2 aromatic rings. The number of urea groups is 1. The molecule has 144 valence electrons. The summed E-state index contributed by atoms with van der Waals surface area (Å²) in [6, 6.07) is 5.56. The second kappa shape index (κ2) is 7.20. The molecule has 2 saturated heterocycles. The van der Waals surface area contributed by atoms with Crippen molar-refractivity contribution in [1.29, 1.82) is 0 Å². The van der Waals surface area contributed by atoms with Crippen LogP contribution in [-0.4, -0.2) is 46.4 Å². The number of imide groups is 1. The van der Waals surface area contributed by atoms with Crippen LogP contribution in [0.15, 0.2) is 42.7 Å². The number of hydrogen-bond acceptors (Lipinski definition) is 4. The molecule has 1 aromatic heterocycles. The van der Waals surface area contributed by atoms with Gasteiger partial charge in [-0.1, -0.05) is 11.6 Å². The molecule has 2 atom stereocenters. The monoisotopic (exact) mass is 402 g/mol. The van der Waals surface area contributed by atoms with Gasteiger partial charge in [0.25, 0.3) is 11.8 Å². The Morgan fingerprint density at radius 2 is 1.96 bits per heavy atom. The molecule has 28 heavy (non-hydrogen) atoms. The average Bonchev–Trinajstić information content (AvgIpc) is 2.95. The number of rotatable bonds is 3. The van der Waals surface area contributed by atoms with E-state index in [1.54, 1.807) is 12.1 Å². The van der Waals surface area contributed by atoms with Gasteiger partial charge in [-0.15, -0.1) is 0 Å². The number of benzene rings is 1. The number of fused-ring (bicyclic) bond motifs is 1. The zero-order chi connectivity index (χ0) is 19.8. The lowest BCUT2D eigenvalue weighted by molar-refractivity contribution is -0.120. The van der Waals surface area contributed by atoms with Crippen LogP contribution in [0.3, 0.4) is 0 Å². The molecule has 2 aliphatic heterocycles. The number of aromatic nitrogens is 1. The van der Waals surface area contributed by atoms with Gasteiger partial charge < -0.3 is 10.2 Å². The fourth-order valence-corrected chi connectivity index (χ4v) is 3.74. The number of carbonyl (C=O) groups is 3. The van der Waals surface area contributed by atoms with Gasteiger partial charge >= 0.3 is 6.03 Å². The van der Waals surface area contributed by atoms with Gasteiger partial charge in [-0.25, -0.2) is 14.1 Å². The molecule has 0 saturated carbocycles. The van der Waals surface area contributed by atoms with E-state index in [9.17, 15) is 18.8 Å². The molecule has 0 radical (unpaired) electrons. The number of halogens is 2. The lowest BCUT2D eigenvalue weighted by Gasteiger charge is -2.32. The molecular formula is C19H16ClFN4O3. The van der Waals surface area contributed by atoms with Crippen molar-refractivity contribution in [3.8, 4) is 0 Å². The number of nitrogens with one attached hydrogen (secondary N) is 1. The van der Waals surface area contributed by atoms with Gasteiger partial charge in [0.05, 0.1) is 10.7 Å². The summed E-state index contributed by atoms with van der Waals surface area (Å²) < 4.78 is 13.4. The lowest BCUT2D eigenvalue weighted by Crippen LogP contribution is -2.49. The zero-order valence-electron chi connectivity index (χ0n) is 14.6. The third-order valence-corrected chi connectivity index (χ3v) is 5.27. The van der Waals surface area contributed by atoms with Crippen LogP contribution in [0.25, 0.3) is 0 Å². The number of piperidine rings is 1. The topological polar surface area (TPSA) is 82.6 Å². The van der Waals surface area contributed by atoms with Gasteiger partial charge in [-0.3, -0.25) is 14.6 Å². The number of hydrogen-bond donors (Lipinski definition) is 1. The Labute approximate surface area is 165 Å². The molecule has 0 spiro atoms. The Morgan fingerprint density at radius 1 is 1.21 bits per heavy atom. The Balaban J connectivity index is 1.50. The first-order valence-electron chi connectivity index (χ1n) is 8.76. The Morgan fingerprint density at radius 3 is 2.68 bits per heavy atom. The first-order valence-corrected chi connectivity index (χ1v) is 9.14. The van der Waals surface area contributed by atoms with Gasteiger partial charge in [0.1, 0.15) is 11.9 Å². The van der Waals surface area contributed by atoms with E-state index in [1.807, 2.05) is 0 Å². The minimum atomic E-state index is -0.673. The lowest BCUT2D eigenvalue weighted by atomic mass is 9.97. The summed E-state index contributed by atoms with van der Waals surface area (Å²) in [6.07, 6.45) is 3.90. The molecule has 7 nitrogen and oxygen atoms in total. The highest BCUT2D eigenvalue weighted by atomic mass is 35.5. The number of nitrogens with zero attached hydrogens (tertiary/aromatic N) is 3. The predicted octanol–water partition coefficient (Wildman–Crippen LogP) is 2.60. The molecule has 2 aliphatic rings. The van der Waals surface area contributed by atoms with Gasteiger partial charge in [0.2, 0.25) is 0 Å². The molecule has 4 amide bonds. The minimum absolute atomic E-state index is 0.162. The Hall–Kier alpha value is -3.00. The van der Waals surface area contributed by atoms with E-state index in [-0.39, 0.29) is 22.7 Å². The summed E-state index contributed by atoms with van der Waals surface area (Å²) in [6.45, 7) is 0.335. The van der Waals surface area contributed by atoms with E-state index in [0.717, 1.165) is 11.0 Å². The van der Waals surface area contributed by atoms with Crippen LogP contribution in [0.2, 0.25) is 5.02 Å². The highest BCUT2D eigenvalue weighted by Gasteiger charge is 2.48. The molecule has 1 aromatic carbocycles. The Kier molecular flexibility index (Phi) is 4.72. The standard InChI is InChI=1S/C19H16ClFN4O3/c20-14-10-13(1-2-15(14)21)25-18(27)16-9-12(5-8-24(16)19(25)28)23-17(26)11-3-6-22-7-4-11/h1-4,6-7,10,12,16H,5,8-9H2,(H,23,26)/t12-,16+/m0/s1. The van der Waals surface area contributed by atoms with Crippen molar-refractivity contribution in [1.82, 2.24) is 15.2 Å². The maximum absolute atomic E-state index is 13.4. The van der Waals surface area contributed by atoms with Crippen molar-refractivity contribution in [2.24, 2.45) is 0 Å². The van der Waals surface area contributed by atoms with Crippen molar-refractivity contribution < 1.29 is 18.8 Å². The number of pyridine rings is 1. The van der Waals surface area contributed by atoms with Crippen molar-refractivity contribution in [2.45, 2.75) is 24.9 Å². The zero-order valence-corrected chi connectivity index (χ0v) is 15.4. The van der Waals surface area contributed by atoms with Gasteiger partial charge in [-0.2, -0.15) is 0 Å². The van der Waals surface area contributed by atoms with Crippen molar-refractivity contribution >= 4 is 35.1 Å². The van der Waals surface area contributed by atoms with Crippen LogP contribution in [0, 0.1) is 5.82 Å². The first kappa shape index (κ1) is 18.4. The van der Waals surface area contributed by atoms with E-state index >= 15 is 0 Å². The molecule has 2 fully saturated rings. The molecule has 9 heteroatoms. The highest BCUT2D eigenvalue weighted by molar-refractivity contribution is 6.31. The maximum Gasteiger partial charge on any atom is 0.332 e. The predicted molar refractivity (Wildman–Crippen MR) is 99.5 cm³/mol. The number of carbonyl (C=O) groups excluding carboxylic acids is 3. The fraction of sp³-hybridized carbons (Fsp3) is 0.263. The molecule has 1 N–H and O–H groups in total. The molecule has 0 aliphatic carbocycles. The van der Waals surface area contributed by atoms with Gasteiger partial charge in [0, 0.05) is 30.5 Å². The summed E-state index contributed by atoms with van der Waals surface area (Å²) in [5.41, 5.74) is 0.710. The molecule has 3 heterocycles. The molecular weight excluding hydrogens is 387 g/mol. The van der Waals surface area contributed by atoms with E-state index in [0.29, 0.717) is 24.9 Å². The SMILES string of the molecule is O=C(N[C@H]1CCN2C(=O)N(c3ccc(F)c(Cl)c3)C(=O)[C@H]2C1)c1ccncc1. The Bertz CT molecular complexity index is 955. The van der Waals surface area contributed by atoms with E-state index in [1.165, 1.54) is 29.4 Å². The van der Waals surface area contributed by atoms with Crippen LogP contribution < -0.4 is 10.2 Å². The van der Waals surface area contributed by atoms with Crippen molar-refractivity contribution in [3.05, 3.63) is 59.1 Å². The molecule has 4 rings (SSSR count). The highest BCUT2D eigenvalue weighted by Crippen LogP contribution is 2.32. The summed E-state index contributed by atoms with van der Waals surface area (Å²) in [5, 5.41) is 2.75. The van der Waals surface area contributed by atoms with Gasteiger partial charge in [-0.05, 0) is 43.2 Å². The third-order valence-electron chi connectivity index (χ3n) is 4.98.